The van der Waals surface area contributed by atoms with E-state index in [2.05, 4.69) is 27.4 Å². The number of aromatic nitrogens is 3. The van der Waals surface area contributed by atoms with Crippen molar-refractivity contribution < 1.29 is 14.7 Å². The molecular formula is C23H30N4O3. The number of hydrogen-bond acceptors (Lipinski definition) is 6. The van der Waals surface area contributed by atoms with Gasteiger partial charge in [-0.2, -0.15) is 0 Å². The van der Waals surface area contributed by atoms with Gasteiger partial charge in [0.15, 0.2) is 0 Å². The lowest BCUT2D eigenvalue weighted by Crippen LogP contribution is -2.12. The molecule has 2 aromatic heterocycles. The third-order valence-electron chi connectivity index (χ3n) is 5.51. The Hall–Kier alpha value is -2.83. The zero-order valence-electron chi connectivity index (χ0n) is 17.6. The average molecular weight is 411 g/mol. The highest BCUT2D eigenvalue weighted by atomic mass is 16.4. The number of nitrogens with zero attached hydrogens (tertiary/aromatic N) is 3. The molecule has 160 valence electrons. The number of pyridine rings is 1. The Bertz CT molecular complexity index is 867. The topological polar surface area (TPSA) is 105 Å². The lowest BCUT2D eigenvalue weighted by molar-refractivity contribution is -0.137. The Morgan fingerprint density at radius 2 is 1.93 bits per heavy atom. The summed E-state index contributed by atoms with van der Waals surface area (Å²) in [5.74, 6) is 0.418. The van der Waals surface area contributed by atoms with Gasteiger partial charge in [-0.1, -0.05) is 6.07 Å². The van der Waals surface area contributed by atoms with Crippen molar-refractivity contribution in [2.24, 2.45) is 0 Å². The highest BCUT2D eigenvalue weighted by Crippen LogP contribution is 2.24. The number of Topliss-reactive ketones (excluding diaryl/α,β-unsaturated/α-hetero) is 1. The van der Waals surface area contributed by atoms with Gasteiger partial charge < -0.3 is 10.4 Å². The second kappa shape index (κ2) is 10.8. The van der Waals surface area contributed by atoms with Gasteiger partial charge in [-0.3, -0.25) is 9.59 Å². The standard InChI is InChI=1S/C23H30N4O3/c1-16-25-14-19(15-26-16)18(13-22(29)30)12-21(28)8-3-2-7-20-10-9-17-6-4-5-11-24-23(17)27-20/h9-10,14-15,18H,2-8,11-13H2,1H3,(H,24,27)(H,29,30). The molecule has 0 amide bonds. The molecule has 2 N–H and O–H groups in total. The molecule has 0 saturated heterocycles. The number of aryl methyl sites for hydroxylation is 3. The van der Waals surface area contributed by atoms with Crippen molar-refractivity contribution in [3.8, 4) is 0 Å². The molecule has 3 heterocycles. The van der Waals surface area contributed by atoms with E-state index in [0.29, 0.717) is 17.8 Å². The first-order valence-electron chi connectivity index (χ1n) is 10.8. The monoisotopic (exact) mass is 410 g/mol. The van der Waals surface area contributed by atoms with Crippen molar-refractivity contribution in [3.63, 3.8) is 0 Å². The van der Waals surface area contributed by atoms with Crippen molar-refractivity contribution in [2.45, 2.75) is 70.6 Å². The molecule has 1 aliphatic rings. The van der Waals surface area contributed by atoms with Crippen LogP contribution in [0.2, 0.25) is 0 Å². The second-order valence-corrected chi connectivity index (χ2v) is 8.00. The zero-order valence-corrected chi connectivity index (χ0v) is 17.6. The average Bonchev–Trinajstić information content (AvgIpc) is 2.96. The lowest BCUT2D eigenvalue weighted by atomic mass is 9.91. The van der Waals surface area contributed by atoms with Crippen LogP contribution in [-0.4, -0.2) is 38.4 Å². The minimum Gasteiger partial charge on any atom is -0.481 e. The molecule has 0 aliphatic carbocycles. The third kappa shape index (κ3) is 6.61. The molecule has 7 nitrogen and oxygen atoms in total. The van der Waals surface area contributed by atoms with Crippen LogP contribution in [0.25, 0.3) is 0 Å². The summed E-state index contributed by atoms with van der Waals surface area (Å²) in [6.45, 7) is 2.75. The number of ketones is 1. The fourth-order valence-electron chi connectivity index (χ4n) is 3.81. The predicted octanol–water partition coefficient (Wildman–Crippen LogP) is 3.86. The summed E-state index contributed by atoms with van der Waals surface area (Å²) in [6.07, 6.45) is 9.76. The molecule has 1 atom stereocenters. The van der Waals surface area contributed by atoms with Crippen LogP contribution >= 0.6 is 0 Å². The highest BCUT2D eigenvalue weighted by molar-refractivity contribution is 5.80. The maximum Gasteiger partial charge on any atom is 0.303 e. The fraction of sp³-hybridized carbons (Fsp3) is 0.522. The van der Waals surface area contributed by atoms with Gasteiger partial charge in [-0.15, -0.1) is 0 Å². The summed E-state index contributed by atoms with van der Waals surface area (Å²) < 4.78 is 0. The van der Waals surface area contributed by atoms with Crippen LogP contribution in [0, 0.1) is 6.92 Å². The molecule has 7 heteroatoms. The maximum absolute atomic E-state index is 12.5. The molecule has 3 rings (SSSR count). The summed E-state index contributed by atoms with van der Waals surface area (Å²) in [5, 5.41) is 12.6. The van der Waals surface area contributed by atoms with Gasteiger partial charge in [0.1, 0.15) is 17.4 Å². The molecule has 1 unspecified atom stereocenters. The van der Waals surface area contributed by atoms with E-state index in [1.165, 1.54) is 18.4 Å². The van der Waals surface area contributed by atoms with Crippen molar-refractivity contribution in [1.29, 1.82) is 0 Å². The predicted molar refractivity (Wildman–Crippen MR) is 115 cm³/mol. The maximum atomic E-state index is 12.5. The van der Waals surface area contributed by atoms with Crippen LogP contribution in [0.15, 0.2) is 24.5 Å². The second-order valence-electron chi connectivity index (χ2n) is 8.00. The minimum absolute atomic E-state index is 0.0818. The quantitative estimate of drug-likeness (QED) is 0.573. The Morgan fingerprint density at radius 1 is 1.13 bits per heavy atom. The molecule has 0 bridgehead atoms. The van der Waals surface area contributed by atoms with E-state index in [9.17, 15) is 14.7 Å². The zero-order chi connectivity index (χ0) is 21.3. The van der Waals surface area contributed by atoms with Crippen molar-refractivity contribution in [1.82, 2.24) is 15.0 Å². The Labute approximate surface area is 177 Å². The van der Waals surface area contributed by atoms with Gasteiger partial charge in [0.2, 0.25) is 0 Å². The summed E-state index contributed by atoms with van der Waals surface area (Å²) in [5.41, 5.74) is 3.05. The molecule has 1 aliphatic heterocycles. The number of carboxylic acid groups (broad SMARTS) is 1. The first-order valence-corrected chi connectivity index (χ1v) is 10.8. The van der Waals surface area contributed by atoms with E-state index >= 15 is 0 Å². The van der Waals surface area contributed by atoms with Gasteiger partial charge in [0.05, 0.1) is 6.42 Å². The SMILES string of the molecule is Cc1ncc(C(CC(=O)O)CC(=O)CCCCc2ccc3c(n2)NCCCC3)cn1. The number of unbranched alkanes of at least 4 members (excludes halogenated alkanes) is 1. The molecule has 0 aromatic carbocycles. The van der Waals surface area contributed by atoms with Crippen LogP contribution in [0.3, 0.4) is 0 Å². The van der Waals surface area contributed by atoms with Crippen LogP contribution in [0.5, 0.6) is 0 Å². The summed E-state index contributed by atoms with van der Waals surface area (Å²) in [6, 6.07) is 4.26. The number of aliphatic carboxylic acids is 1. The van der Waals surface area contributed by atoms with Gasteiger partial charge in [-0.05, 0) is 62.6 Å². The fourth-order valence-corrected chi connectivity index (χ4v) is 3.81. The van der Waals surface area contributed by atoms with Gasteiger partial charge in [0, 0.05) is 43.4 Å². The minimum atomic E-state index is -0.920. The molecule has 0 radical (unpaired) electrons. The van der Waals surface area contributed by atoms with Crippen LogP contribution in [0.1, 0.15) is 73.5 Å². The third-order valence-corrected chi connectivity index (χ3v) is 5.51. The molecule has 0 saturated carbocycles. The summed E-state index contributed by atoms with van der Waals surface area (Å²) in [4.78, 5) is 36.7. The number of carbonyl (C=O) groups is 2. The smallest absolute Gasteiger partial charge is 0.303 e. The Kier molecular flexibility index (Phi) is 7.88. The van der Waals surface area contributed by atoms with E-state index in [1.54, 1.807) is 19.3 Å². The van der Waals surface area contributed by atoms with E-state index in [4.69, 9.17) is 4.98 Å². The van der Waals surface area contributed by atoms with Crippen LogP contribution in [-0.2, 0) is 22.4 Å². The van der Waals surface area contributed by atoms with E-state index in [0.717, 1.165) is 43.7 Å². The van der Waals surface area contributed by atoms with E-state index < -0.39 is 5.97 Å². The van der Waals surface area contributed by atoms with E-state index in [1.807, 2.05) is 0 Å². The number of hydrogen-bond donors (Lipinski definition) is 2. The normalized spacial score (nSPS) is 14.3. The van der Waals surface area contributed by atoms with Crippen molar-refractivity contribution >= 4 is 17.6 Å². The Morgan fingerprint density at radius 3 is 2.70 bits per heavy atom. The largest absolute Gasteiger partial charge is 0.481 e. The molecule has 0 fully saturated rings. The van der Waals surface area contributed by atoms with Crippen LogP contribution in [0.4, 0.5) is 5.82 Å². The molecule has 2 aromatic rings. The molecule has 30 heavy (non-hydrogen) atoms. The van der Waals surface area contributed by atoms with Gasteiger partial charge >= 0.3 is 5.97 Å². The number of rotatable bonds is 10. The highest BCUT2D eigenvalue weighted by Gasteiger charge is 2.20. The van der Waals surface area contributed by atoms with Crippen LogP contribution < -0.4 is 5.32 Å². The summed E-state index contributed by atoms with van der Waals surface area (Å²) >= 11 is 0. The number of anilines is 1. The summed E-state index contributed by atoms with van der Waals surface area (Å²) in [7, 11) is 0. The number of fused-ring (bicyclic) bond motifs is 1. The lowest BCUT2D eigenvalue weighted by Gasteiger charge is -2.14. The Balaban J connectivity index is 1.47. The van der Waals surface area contributed by atoms with Crippen molar-refractivity contribution in [3.05, 3.63) is 47.2 Å². The first-order chi connectivity index (χ1) is 14.5. The number of carboxylic acids is 1. The number of nitrogens with one attached hydrogen (secondary N) is 1. The molecular weight excluding hydrogens is 380 g/mol. The van der Waals surface area contributed by atoms with E-state index in [-0.39, 0.29) is 24.5 Å². The van der Waals surface area contributed by atoms with Crippen molar-refractivity contribution in [2.75, 3.05) is 11.9 Å². The van der Waals surface area contributed by atoms with Gasteiger partial charge in [0.25, 0.3) is 0 Å². The first kappa shape index (κ1) is 21.9. The number of carbonyl (C=O) groups excluding carboxylic acids is 1. The molecule has 0 spiro atoms. The van der Waals surface area contributed by atoms with Gasteiger partial charge in [-0.25, -0.2) is 15.0 Å².